The van der Waals surface area contributed by atoms with Gasteiger partial charge in [0.2, 0.25) is 0 Å². The zero-order chi connectivity index (χ0) is 13.8. The second-order valence-electron chi connectivity index (χ2n) is 3.91. The molecular weight excluding hydrogens is 398 g/mol. The summed E-state index contributed by atoms with van der Waals surface area (Å²) in [7, 11) is 0. The smallest absolute Gasteiger partial charge is 0.129 e. The number of hydrogen-bond donors (Lipinski definition) is 0. The van der Waals surface area contributed by atoms with Crippen molar-refractivity contribution in [1.82, 2.24) is 0 Å². The molecule has 0 unspecified atom stereocenters. The summed E-state index contributed by atoms with van der Waals surface area (Å²) in [4.78, 5) is 0. The normalized spacial score (nSPS) is 10.5. The van der Waals surface area contributed by atoms with E-state index in [0.717, 1.165) is 14.5 Å². The third-order valence-corrected chi connectivity index (χ3v) is 4.12. The van der Waals surface area contributed by atoms with Crippen LogP contribution in [0.1, 0.15) is 11.1 Å². The number of hydrogen-bond acceptors (Lipinski definition) is 1. The molecule has 19 heavy (non-hydrogen) atoms. The molecule has 0 atom stereocenters. The molecule has 2 aromatic rings. The molecule has 2 aromatic carbocycles. The Bertz CT molecular complexity index is 590. The molecule has 0 aliphatic carbocycles. The third kappa shape index (κ3) is 3.94. The number of benzene rings is 2. The van der Waals surface area contributed by atoms with Crippen LogP contribution >= 0.6 is 43.5 Å². The summed E-state index contributed by atoms with van der Waals surface area (Å²) in [5.74, 6) is 0.777. The van der Waals surface area contributed by atoms with E-state index in [1.54, 1.807) is 12.1 Å². The summed E-state index contributed by atoms with van der Waals surface area (Å²) in [5.41, 5.74) is 1.44. The number of rotatable bonds is 4. The zero-order valence-electron chi connectivity index (χ0n) is 9.80. The average molecular weight is 408 g/mol. The quantitative estimate of drug-likeness (QED) is 0.593. The number of halogens is 4. The van der Waals surface area contributed by atoms with Crippen LogP contribution in [0.3, 0.4) is 0 Å². The van der Waals surface area contributed by atoms with Crippen molar-refractivity contribution in [3.05, 3.63) is 62.3 Å². The van der Waals surface area contributed by atoms with Crippen LogP contribution in [0.15, 0.2) is 45.3 Å². The summed E-state index contributed by atoms with van der Waals surface area (Å²) in [6.07, 6.45) is 0. The van der Waals surface area contributed by atoms with Gasteiger partial charge in [-0.1, -0.05) is 31.9 Å². The molecule has 2 rings (SSSR count). The maximum Gasteiger partial charge on any atom is 0.129 e. The van der Waals surface area contributed by atoms with Crippen LogP contribution in [0, 0.1) is 5.82 Å². The molecule has 0 aliphatic rings. The number of alkyl halides is 1. The summed E-state index contributed by atoms with van der Waals surface area (Å²) in [5, 5.41) is 0. The van der Waals surface area contributed by atoms with Gasteiger partial charge in [-0.05, 0) is 42.0 Å². The highest BCUT2D eigenvalue weighted by Gasteiger charge is 2.05. The van der Waals surface area contributed by atoms with Crippen LogP contribution in [0.4, 0.5) is 4.39 Å². The molecule has 100 valence electrons. The molecule has 0 spiro atoms. The molecule has 0 bridgehead atoms. The molecule has 0 aliphatic heterocycles. The monoisotopic (exact) mass is 406 g/mol. The van der Waals surface area contributed by atoms with Crippen molar-refractivity contribution in [1.29, 1.82) is 0 Å². The van der Waals surface area contributed by atoms with E-state index in [0.29, 0.717) is 17.2 Å². The van der Waals surface area contributed by atoms with Gasteiger partial charge in [-0.2, -0.15) is 0 Å². The van der Waals surface area contributed by atoms with Gasteiger partial charge in [-0.25, -0.2) is 4.39 Å². The molecule has 1 nitrogen and oxygen atoms in total. The Morgan fingerprint density at radius 3 is 2.58 bits per heavy atom. The van der Waals surface area contributed by atoms with Gasteiger partial charge in [0.05, 0.1) is 0 Å². The van der Waals surface area contributed by atoms with Crippen LogP contribution in [0.25, 0.3) is 0 Å². The van der Waals surface area contributed by atoms with Gasteiger partial charge in [-0.3, -0.25) is 0 Å². The Kier molecular flexibility index (Phi) is 5.25. The van der Waals surface area contributed by atoms with Crippen molar-refractivity contribution in [3.63, 3.8) is 0 Å². The maximum atomic E-state index is 13.6. The van der Waals surface area contributed by atoms with E-state index in [1.165, 1.54) is 6.07 Å². The van der Waals surface area contributed by atoms with Crippen LogP contribution in [0.5, 0.6) is 5.75 Å². The fraction of sp³-hybridized carbons (Fsp3) is 0.143. The molecule has 0 radical (unpaired) electrons. The van der Waals surface area contributed by atoms with E-state index in [1.807, 2.05) is 18.2 Å². The minimum atomic E-state index is -0.280. The highest BCUT2D eigenvalue weighted by Crippen LogP contribution is 2.25. The lowest BCUT2D eigenvalue weighted by atomic mass is 10.2. The fourth-order valence-electron chi connectivity index (χ4n) is 1.56. The van der Waals surface area contributed by atoms with Gasteiger partial charge in [0.1, 0.15) is 18.2 Å². The van der Waals surface area contributed by atoms with Crippen molar-refractivity contribution in [2.45, 2.75) is 12.5 Å². The maximum absolute atomic E-state index is 13.6. The summed E-state index contributed by atoms with van der Waals surface area (Å²) < 4.78 is 20.9. The highest BCUT2D eigenvalue weighted by atomic mass is 79.9. The molecule has 0 fully saturated rings. The van der Waals surface area contributed by atoms with E-state index in [-0.39, 0.29) is 12.4 Å². The van der Waals surface area contributed by atoms with Gasteiger partial charge in [-0.15, -0.1) is 11.6 Å². The SMILES string of the molecule is Fc1ccc(Br)cc1COc1ccc(Br)c(CCl)c1. The summed E-state index contributed by atoms with van der Waals surface area (Å²) in [6.45, 7) is 0.175. The fourth-order valence-corrected chi connectivity index (χ4v) is 2.74. The minimum Gasteiger partial charge on any atom is -0.489 e. The van der Waals surface area contributed by atoms with E-state index in [9.17, 15) is 4.39 Å². The first-order chi connectivity index (χ1) is 9.10. The molecule has 0 amide bonds. The van der Waals surface area contributed by atoms with Crippen LogP contribution < -0.4 is 4.74 Å². The van der Waals surface area contributed by atoms with Gasteiger partial charge in [0.25, 0.3) is 0 Å². The van der Waals surface area contributed by atoms with E-state index in [2.05, 4.69) is 31.9 Å². The first-order valence-corrected chi connectivity index (χ1v) is 7.63. The molecule has 0 N–H and O–H groups in total. The highest BCUT2D eigenvalue weighted by molar-refractivity contribution is 9.10. The van der Waals surface area contributed by atoms with Crippen LogP contribution in [0.2, 0.25) is 0 Å². The van der Waals surface area contributed by atoms with Gasteiger partial charge >= 0.3 is 0 Å². The first-order valence-electron chi connectivity index (χ1n) is 5.51. The van der Waals surface area contributed by atoms with Crippen LogP contribution in [-0.2, 0) is 12.5 Å². The zero-order valence-corrected chi connectivity index (χ0v) is 13.7. The Balaban J connectivity index is 2.12. The Morgan fingerprint density at radius 2 is 1.84 bits per heavy atom. The third-order valence-electron chi connectivity index (χ3n) is 2.56. The standard InChI is InChI=1S/C14H10Br2ClFO/c15-11-1-4-14(18)10(5-11)8-19-12-2-3-13(16)9(6-12)7-17/h1-6H,7-8H2. The summed E-state index contributed by atoms with van der Waals surface area (Å²) >= 11 is 12.5. The van der Waals surface area contributed by atoms with E-state index >= 15 is 0 Å². The molecule has 0 saturated carbocycles. The molecular formula is C14H10Br2ClFO. The first kappa shape index (κ1) is 14.8. The Morgan fingerprint density at radius 1 is 1.05 bits per heavy atom. The van der Waals surface area contributed by atoms with Crippen molar-refractivity contribution in [2.75, 3.05) is 0 Å². The average Bonchev–Trinajstić information content (AvgIpc) is 2.41. The molecule has 5 heteroatoms. The second kappa shape index (κ2) is 6.73. The second-order valence-corrected chi connectivity index (χ2v) is 5.95. The largest absolute Gasteiger partial charge is 0.489 e. The predicted molar refractivity (Wildman–Crippen MR) is 82.1 cm³/mol. The lowest BCUT2D eigenvalue weighted by Crippen LogP contribution is -1.99. The lowest BCUT2D eigenvalue weighted by molar-refractivity contribution is 0.299. The molecule has 0 heterocycles. The van der Waals surface area contributed by atoms with Crippen molar-refractivity contribution in [2.24, 2.45) is 0 Å². The molecule has 0 aromatic heterocycles. The van der Waals surface area contributed by atoms with Crippen LogP contribution in [-0.4, -0.2) is 0 Å². The van der Waals surface area contributed by atoms with Crippen molar-refractivity contribution < 1.29 is 9.13 Å². The van der Waals surface area contributed by atoms with E-state index in [4.69, 9.17) is 16.3 Å². The lowest BCUT2D eigenvalue weighted by Gasteiger charge is -2.09. The topological polar surface area (TPSA) is 9.23 Å². The van der Waals surface area contributed by atoms with Crippen molar-refractivity contribution in [3.8, 4) is 5.75 Å². The van der Waals surface area contributed by atoms with Gasteiger partial charge in [0.15, 0.2) is 0 Å². The molecule has 0 saturated heterocycles. The van der Waals surface area contributed by atoms with E-state index < -0.39 is 0 Å². The number of ether oxygens (including phenoxy) is 1. The van der Waals surface area contributed by atoms with Gasteiger partial charge in [0, 0.05) is 20.4 Å². The van der Waals surface area contributed by atoms with Gasteiger partial charge < -0.3 is 4.74 Å². The van der Waals surface area contributed by atoms with Crippen molar-refractivity contribution >= 4 is 43.5 Å². The predicted octanol–water partition coefficient (Wildman–Crippen LogP) is 5.67. The Hall–Kier alpha value is -0.580. The Labute approximate surface area is 133 Å². The minimum absolute atomic E-state index is 0.175. The summed E-state index contributed by atoms with van der Waals surface area (Å²) in [6, 6.07) is 10.3.